The average molecular weight is 346 g/mol. The van der Waals surface area contributed by atoms with Gasteiger partial charge < -0.3 is 14.4 Å². The van der Waals surface area contributed by atoms with Crippen LogP contribution >= 0.6 is 0 Å². The molecule has 0 aliphatic carbocycles. The van der Waals surface area contributed by atoms with Gasteiger partial charge in [-0.2, -0.15) is 0 Å². The minimum atomic E-state index is -0.00862. The molecule has 138 valence electrons. The molecule has 0 unspecified atom stereocenters. The maximum Gasteiger partial charge on any atom is 0.240 e. The summed E-state index contributed by atoms with van der Waals surface area (Å²) in [5, 5.41) is 0. The number of likely N-dealkylation sites (N-methyl/N-ethyl adjacent to an activating group) is 1. The molecule has 1 aromatic carbocycles. The van der Waals surface area contributed by atoms with Gasteiger partial charge in [0.15, 0.2) is 0 Å². The van der Waals surface area contributed by atoms with E-state index in [-0.39, 0.29) is 11.9 Å². The zero-order chi connectivity index (χ0) is 17.8. The lowest BCUT2D eigenvalue weighted by Crippen LogP contribution is -2.46. The molecule has 0 spiro atoms. The van der Waals surface area contributed by atoms with Crippen LogP contribution < -0.4 is 4.74 Å². The van der Waals surface area contributed by atoms with Crippen molar-refractivity contribution in [1.82, 2.24) is 9.80 Å². The molecule has 0 bridgehead atoms. The van der Waals surface area contributed by atoms with Gasteiger partial charge in [0.25, 0.3) is 0 Å². The minimum Gasteiger partial charge on any atom is -0.492 e. The number of aryl methyl sites for hydroxylation is 2. The van der Waals surface area contributed by atoms with Crippen molar-refractivity contribution in [1.29, 1.82) is 0 Å². The van der Waals surface area contributed by atoms with Crippen LogP contribution in [-0.4, -0.2) is 67.7 Å². The summed E-state index contributed by atoms with van der Waals surface area (Å²) < 4.78 is 11.3. The summed E-state index contributed by atoms with van der Waals surface area (Å²) >= 11 is 0. The van der Waals surface area contributed by atoms with E-state index in [1.54, 1.807) is 0 Å². The maximum atomic E-state index is 12.8. The molecule has 5 heteroatoms. The minimum absolute atomic E-state index is 0.00862. The Bertz CT molecular complexity index is 578. The van der Waals surface area contributed by atoms with Gasteiger partial charge in [0.05, 0.1) is 6.04 Å². The number of benzene rings is 1. The summed E-state index contributed by atoms with van der Waals surface area (Å²) in [5.74, 6) is 1.19. The highest BCUT2D eigenvalue weighted by molar-refractivity contribution is 5.84. The second-order valence-electron chi connectivity index (χ2n) is 7.33. The highest BCUT2D eigenvalue weighted by Gasteiger charge is 2.38. The SMILES string of the molecule is Cc1cc(C)cc(OCCN(C)[C@H]2CCN(C3CCOCC3)C2=O)c1. The Kier molecular flexibility index (Phi) is 5.97. The van der Waals surface area contributed by atoms with Crippen LogP contribution in [0.25, 0.3) is 0 Å². The van der Waals surface area contributed by atoms with Crippen LogP contribution in [0.2, 0.25) is 0 Å². The number of amides is 1. The van der Waals surface area contributed by atoms with Crippen LogP contribution in [0.3, 0.4) is 0 Å². The number of hydrogen-bond acceptors (Lipinski definition) is 4. The fourth-order valence-electron chi connectivity index (χ4n) is 3.93. The molecule has 3 rings (SSSR count). The molecule has 1 aromatic rings. The van der Waals surface area contributed by atoms with E-state index in [0.717, 1.165) is 51.3 Å². The summed E-state index contributed by atoms with van der Waals surface area (Å²) in [6.07, 6.45) is 2.85. The molecule has 0 radical (unpaired) electrons. The monoisotopic (exact) mass is 346 g/mol. The first-order valence-corrected chi connectivity index (χ1v) is 9.34. The summed E-state index contributed by atoms with van der Waals surface area (Å²) in [4.78, 5) is 17.0. The van der Waals surface area contributed by atoms with Crippen LogP contribution in [-0.2, 0) is 9.53 Å². The van der Waals surface area contributed by atoms with Crippen molar-refractivity contribution in [2.45, 2.75) is 45.2 Å². The molecule has 2 fully saturated rings. The van der Waals surface area contributed by atoms with E-state index in [9.17, 15) is 4.79 Å². The number of hydrogen-bond donors (Lipinski definition) is 0. The molecule has 1 atom stereocenters. The van der Waals surface area contributed by atoms with Crippen molar-refractivity contribution in [3.8, 4) is 5.75 Å². The lowest BCUT2D eigenvalue weighted by Gasteiger charge is -2.32. The Labute approximate surface area is 150 Å². The molecule has 2 heterocycles. The number of likely N-dealkylation sites (tertiary alicyclic amines) is 1. The quantitative estimate of drug-likeness (QED) is 0.793. The summed E-state index contributed by atoms with van der Waals surface area (Å²) in [6, 6.07) is 6.61. The van der Waals surface area contributed by atoms with Crippen molar-refractivity contribution in [2.24, 2.45) is 0 Å². The van der Waals surface area contributed by atoms with E-state index in [4.69, 9.17) is 9.47 Å². The topological polar surface area (TPSA) is 42.0 Å². The van der Waals surface area contributed by atoms with Crippen LogP contribution in [0.15, 0.2) is 18.2 Å². The molecule has 0 aromatic heterocycles. The molecular formula is C20H30N2O3. The van der Waals surface area contributed by atoms with Gasteiger partial charge in [0, 0.05) is 32.3 Å². The predicted octanol–water partition coefficient (Wildman–Crippen LogP) is 2.39. The Morgan fingerprint density at radius 1 is 1.16 bits per heavy atom. The van der Waals surface area contributed by atoms with Gasteiger partial charge in [-0.05, 0) is 63.4 Å². The van der Waals surface area contributed by atoms with Crippen molar-refractivity contribution in [3.05, 3.63) is 29.3 Å². The van der Waals surface area contributed by atoms with E-state index >= 15 is 0 Å². The van der Waals surface area contributed by atoms with Crippen molar-refractivity contribution >= 4 is 5.91 Å². The third-order valence-electron chi connectivity index (χ3n) is 5.28. The molecule has 1 amide bonds. The first-order valence-electron chi connectivity index (χ1n) is 9.34. The molecule has 2 aliphatic rings. The second-order valence-corrected chi connectivity index (χ2v) is 7.33. The summed E-state index contributed by atoms with van der Waals surface area (Å²) in [7, 11) is 2.03. The number of carbonyl (C=O) groups is 1. The molecule has 2 aliphatic heterocycles. The van der Waals surface area contributed by atoms with Gasteiger partial charge in [-0.15, -0.1) is 0 Å². The van der Waals surface area contributed by atoms with E-state index in [0.29, 0.717) is 12.6 Å². The Hall–Kier alpha value is -1.59. The smallest absolute Gasteiger partial charge is 0.240 e. The molecule has 0 N–H and O–H groups in total. The molecule has 0 saturated carbocycles. The highest BCUT2D eigenvalue weighted by atomic mass is 16.5. The summed E-state index contributed by atoms with van der Waals surface area (Å²) in [5.41, 5.74) is 2.42. The van der Waals surface area contributed by atoms with E-state index < -0.39 is 0 Å². The van der Waals surface area contributed by atoms with Crippen LogP contribution in [0, 0.1) is 13.8 Å². The van der Waals surface area contributed by atoms with E-state index in [1.165, 1.54) is 11.1 Å². The van der Waals surface area contributed by atoms with Gasteiger partial charge in [0.2, 0.25) is 5.91 Å². The third-order valence-corrected chi connectivity index (χ3v) is 5.28. The molecular weight excluding hydrogens is 316 g/mol. The number of ether oxygens (including phenoxy) is 2. The van der Waals surface area contributed by atoms with Gasteiger partial charge in [0.1, 0.15) is 12.4 Å². The van der Waals surface area contributed by atoms with Crippen LogP contribution in [0.4, 0.5) is 0 Å². The summed E-state index contributed by atoms with van der Waals surface area (Å²) in [6.45, 7) is 7.93. The van der Waals surface area contributed by atoms with Crippen LogP contribution in [0.1, 0.15) is 30.4 Å². The van der Waals surface area contributed by atoms with Crippen LogP contribution in [0.5, 0.6) is 5.75 Å². The Morgan fingerprint density at radius 2 is 1.84 bits per heavy atom. The number of rotatable bonds is 6. The lowest BCUT2D eigenvalue weighted by molar-refractivity contribution is -0.135. The average Bonchev–Trinajstić information content (AvgIpc) is 2.96. The second kappa shape index (κ2) is 8.19. The van der Waals surface area contributed by atoms with Gasteiger partial charge in [-0.1, -0.05) is 6.07 Å². The predicted molar refractivity (Wildman–Crippen MR) is 98.0 cm³/mol. The zero-order valence-corrected chi connectivity index (χ0v) is 15.7. The third kappa shape index (κ3) is 4.53. The number of nitrogens with zero attached hydrogens (tertiary/aromatic N) is 2. The first-order chi connectivity index (χ1) is 12.0. The molecule has 25 heavy (non-hydrogen) atoms. The van der Waals surface area contributed by atoms with Crippen molar-refractivity contribution < 1.29 is 14.3 Å². The Morgan fingerprint density at radius 3 is 2.52 bits per heavy atom. The van der Waals surface area contributed by atoms with Gasteiger partial charge in [-0.3, -0.25) is 9.69 Å². The lowest BCUT2D eigenvalue weighted by atomic mass is 10.1. The number of carbonyl (C=O) groups excluding carboxylic acids is 1. The van der Waals surface area contributed by atoms with Gasteiger partial charge in [-0.25, -0.2) is 0 Å². The van der Waals surface area contributed by atoms with E-state index in [2.05, 4.69) is 41.8 Å². The zero-order valence-electron chi connectivity index (χ0n) is 15.7. The standard InChI is InChI=1S/C20H30N2O3/c1-15-12-16(2)14-18(13-15)25-11-8-21(3)19-4-7-22(20(19)23)17-5-9-24-10-6-17/h12-14,17,19H,4-11H2,1-3H3/t19-/m0/s1. The first kappa shape index (κ1) is 18.2. The fraction of sp³-hybridized carbons (Fsp3) is 0.650. The normalized spacial score (nSPS) is 22.0. The highest BCUT2D eigenvalue weighted by Crippen LogP contribution is 2.24. The molecule has 5 nitrogen and oxygen atoms in total. The fourth-order valence-corrected chi connectivity index (χ4v) is 3.93. The van der Waals surface area contributed by atoms with Crippen molar-refractivity contribution in [2.75, 3.05) is 40.0 Å². The van der Waals surface area contributed by atoms with Crippen molar-refractivity contribution in [3.63, 3.8) is 0 Å². The maximum absolute atomic E-state index is 12.8. The Balaban J connectivity index is 1.48. The molecule has 2 saturated heterocycles. The largest absolute Gasteiger partial charge is 0.492 e. The van der Waals surface area contributed by atoms with Gasteiger partial charge >= 0.3 is 0 Å². The van der Waals surface area contributed by atoms with E-state index in [1.807, 2.05) is 7.05 Å².